The van der Waals surface area contributed by atoms with Gasteiger partial charge in [-0.1, -0.05) is 0 Å². The average molecular weight is 660 g/mol. The summed E-state index contributed by atoms with van der Waals surface area (Å²) in [6, 6.07) is 27.8. The first-order chi connectivity index (χ1) is 18.0. The van der Waals surface area contributed by atoms with Crippen LogP contribution in [-0.2, 0) is 25.9 Å². The van der Waals surface area contributed by atoms with Crippen LogP contribution in [0.4, 0.5) is 0 Å². The molecule has 0 unspecified atom stereocenters. The van der Waals surface area contributed by atoms with Crippen molar-refractivity contribution in [3.05, 3.63) is 127 Å². The Balaban J connectivity index is 0.00000280. The van der Waals surface area contributed by atoms with Gasteiger partial charge < -0.3 is 37.2 Å². The molecule has 0 nitrogen and oxygen atoms in total. The summed E-state index contributed by atoms with van der Waals surface area (Å²) in [4.78, 5) is 0. The molecule has 0 aliphatic heterocycles. The van der Waals surface area contributed by atoms with E-state index >= 15 is 0 Å². The Hall–Kier alpha value is -1.06. The first-order valence-electron chi connectivity index (χ1n) is 14.3. The van der Waals surface area contributed by atoms with Crippen LogP contribution in [0.25, 0.3) is 0 Å². The fourth-order valence-corrected chi connectivity index (χ4v) is 16.7. The molecule has 0 amide bonds. The van der Waals surface area contributed by atoms with E-state index < -0.39 is 8.07 Å². The van der Waals surface area contributed by atoms with E-state index in [0.29, 0.717) is 16.6 Å². The average Bonchev–Trinajstić information content (AvgIpc) is 3.21. The van der Waals surface area contributed by atoms with Gasteiger partial charge in [-0.05, 0) is 0 Å². The molecule has 4 rings (SSSR count). The minimum absolute atomic E-state index is 0. The molecule has 41 heavy (non-hydrogen) atoms. The zero-order valence-corrected chi connectivity index (χ0v) is 30.9. The molecule has 5 heteroatoms. The van der Waals surface area contributed by atoms with Crippen molar-refractivity contribution < 1.29 is 57.7 Å². The smallest absolute Gasteiger partial charge is 1.00 e. The molecule has 3 aromatic carbocycles. The van der Waals surface area contributed by atoms with Gasteiger partial charge in [-0.2, -0.15) is 0 Å². The second kappa shape index (κ2) is 15.1. The van der Waals surface area contributed by atoms with Gasteiger partial charge in [0.25, 0.3) is 0 Å². The van der Waals surface area contributed by atoms with Gasteiger partial charge in [0, 0.05) is 0 Å². The fraction of sp³-hybridized carbons (Fsp3) is 0.389. The van der Waals surface area contributed by atoms with Crippen molar-refractivity contribution in [1.82, 2.24) is 0 Å². The summed E-state index contributed by atoms with van der Waals surface area (Å²) in [6.45, 7) is 21.7. The second-order valence-electron chi connectivity index (χ2n) is 12.4. The summed E-state index contributed by atoms with van der Waals surface area (Å²) in [6.07, 6.45) is 3.71. The van der Waals surface area contributed by atoms with Gasteiger partial charge >= 0.3 is 246 Å². The van der Waals surface area contributed by atoms with Crippen LogP contribution in [0.5, 0.6) is 0 Å². The minimum atomic E-state index is -1.79. The Kier molecular flexibility index (Phi) is 14.0. The van der Waals surface area contributed by atoms with E-state index in [1.165, 1.54) is 39.0 Å². The SMILES string of the molecule is Cc1cccc(C(C2=CCC([Si](C(C)C)(C(C)C)C(C)C)=[C]2[Ti+3])(c2cccc(C)c2)c2cccc(C)c2)c1.[Cl-].[Cl-].[Cl-]. The Labute approximate surface area is 281 Å². The first kappa shape index (κ1) is 38.0. The molecule has 0 spiro atoms. The van der Waals surface area contributed by atoms with Gasteiger partial charge in [-0.3, -0.25) is 0 Å². The zero-order valence-electron chi connectivity index (χ0n) is 26.1. The molecule has 0 N–H and O–H groups in total. The molecule has 0 heterocycles. The van der Waals surface area contributed by atoms with Gasteiger partial charge in [-0.15, -0.1) is 0 Å². The Morgan fingerprint density at radius 1 is 0.610 bits per heavy atom. The third-order valence-electron chi connectivity index (χ3n) is 9.23. The number of benzene rings is 3. The summed E-state index contributed by atoms with van der Waals surface area (Å²) >= 11 is 2.46. The standard InChI is InChI=1S/C36H45Si.3ClH.Ti/c1-25(2)37(26(3)4,27(5)6)35-20-19-34(24-35)36(31-16-10-13-28(7)21-31,32-17-11-14-29(8)22-32)33-18-12-15-30(9)23-33;;;;/h10-19,21-23,25-27H,20H2,1-9H3;3*1H;/q;;;;+3/p-3. The number of hydrogen-bond donors (Lipinski definition) is 0. The maximum atomic E-state index is 2.62. The molecule has 1 aliphatic rings. The van der Waals surface area contributed by atoms with Crippen molar-refractivity contribution in [1.29, 1.82) is 0 Å². The van der Waals surface area contributed by atoms with E-state index in [1.807, 2.05) is 0 Å². The normalized spacial score (nSPS) is 13.7. The van der Waals surface area contributed by atoms with Crippen LogP contribution in [0.1, 0.15) is 81.3 Å². The van der Waals surface area contributed by atoms with Gasteiger partial charge in [0.05, 0.1) is 0 Å². The third-order valence-corrected chi connectivity index (χ3v) is 17.7. The molecule has 218 valence electrons. The van der Waals surface area contributed by atoms with Crippen LogP contribution < -0.4 is 37.2 Å². The molecular weight excluding hydrogens is 615 g/mol. The van der Waals surface area contributed by atoms with Crippen LogP contribution in [-0.4, -0.2) is 8.07 Å². The molecule has 0 radical (unpaired) electrons. The molecule has 0 saturated heterocycles. The minimum Gasteiger partial charge on any atom is -1.00 e. The van der Waals surface area contributed by atoms with Crippen LogP contribution in [0.3, 0.4) is 0 Å². The summed E-state index contributed by atoms with van der Waals surface area (Å²) in [5, 5.41) is 1.78. The Bertz CT molecular complexity index is 1250. The summed E-state index contributed by atoms with van der Waals surface area (Å²) in [5.74, 6) is 0. The van der Waals surface area contributed by atoms with E-state index in [4.69, 9.17) is 0 Å². The predicted octanol–water partition coefficient (Wildman–Crippen LogP) is 1.31. The molecule has 3 aromatic rings. The van der Waals surface area contributed by atoms with Gasteiger partial charge in [0.1, 0.15) is 0 Å². The summed E-state index contributed by atoms with van der Waals surface area (Å²) in [7, 11) is -1.79. The topological polar surface area (TPSA) is 0 Å². The van der Waals surface area contributed by atoms with E-state index in [-0.39, 0.29) is 42.6 Å². The first-order valence-corrected chi connectivity index (χ1v) is 17.4. The molecular formula is C36H45Cl3SiTi. The van der Waals surface area contributed by atoms with Crippen molar-refractivity contribution in [2.45, 2.75) is 90.8 Å². The van der Waals surface area contributed by atoms with Gasteiger partial charge in [-0.25, -0.2) is 0 Å². The molecule has 0 atom stereocenters. The number of halogens is 3. The van der Waals surface area contributed by atoms with E-state index in [9.17, 15) is 0 Å². The van der Waals surface area contributed by atoms with Crippen molar-refractivity contribution in [2.75, 3.05) is 0 Å². The van der Waals surface area contributed by atoms with Crippen LogP contribution in [0.2, 0.25) is 16.6 Å². The third kappa shape index (κ3) is 6.57. The number of allylic oxidation sites excluding steroid dienone is 4. The van der Waals surface area contributed by atoms with E-state index in [2.05, 4.69) is 162 Å². The van der Waals surface area contributed by atoms with Crippen molar-refractivity contribution in [3.63, 3.8) is 0 Å². The Morgan fingerprint density at radius 2 is 0.951 bits per heavy atom. The van der Waals surface area contributed by atoms with Crippen molar-refractivity contribution in [3.8, 4) is 0 Å². The number of rotatable bonds is 8. The molecule has 0 aromatic heterocycles. The van der Waals surface area contributed by atoms with E-state index in [1.54, 1.807) is 9.07 Å². The van der Waals surface area contributed by atoms with Gasteiger partial charge in [0.15, 0.2) is 0 Å². The molecule has 0 saturated carbocycles. The predicted molar refractivity (Wildman–Crippen MR) is 164 cm³/mol. The monoisotopic (exact) mass is 658 g/mol. The summed E-state index contributed by atoms with van der Waals surface area (Å²) < 4.78 is 1.55. The maximum Gasteiger partial charge on any atom is -1.00 e. The quantitative estimate of drug-likeness (QED) is 0.253. The maximum absolute atomic E-state index is 2.62. The zero-order chi connectivity index (χ0) is 27.8. The molecule has 0 bridgehead atoms. The second-order valence-corrected chi connectivity index (χ2v) is 19.1. The van der Waals surface area contributed by atoms with Crippen molar-refractivity contribution >= 4 is 8.07 Å². The van der Waals surface area contributed by atoms with Crippen LogP contribution >= 0.6 is 0 Å². The van der Waals surface area contributed by atoms with Crippen LogP contribution in [0, 0.1) is 20.8 Å². The molecule has 1 aliphatic carbocycles. The molecule has 0 fully saturated rings. The largest absolute Gasteiger partial charge is 1.00 e. The Morgan fingerprint density at radius 3 is 1.24 bits per heavy atom. The van der Waals surface area contributed by atoms with Crippen molar-refractivity contribution in [2.24, 2.45) is 0 Å². The number of hydrogen-bond acceptors (Lipinski definition) is 0. The van der Waals surface area contributed by atoms with Crippen LogP contribution in [0.15, 0.2) is 93.5 Å². The fourth-order valence-electron chi connectivity index (χ4n) is 7.95. The van der Waals surface area contributed by atoms with Gasteiger partial charge in [0.2, 0.25) is 0 Å². The number of aryl methyl sites for hydroxylation is 3. The summed E-state index contributed by atoms with van der Waals surface area (Å²) in [5.41, 5.74) is 11.3. The van der Waals surface area contributed by atoms with E-state index in [0.717, 1.165) is 6.42 Å².